The van der Waals surface area contributed by atoms with Crippen molar-refractivity contribution >= 4 is 15.9 Å². The lowest BCUT2D eigenvalue weighted by Gasteiger charge is -2.12. The first-order valence-corrected chi connectivity index (χ1v) is 8.69. The summed E-state index contributed by atoms with van der Waals surface area (Å²) in [5, 5.41) is 0. The Morgan fingerprint density at radius 3 is 2.12 bits per heavy atom. The smallest absolute Gasteiger partial charge is 0.0802 e. The summed E-state index contributed by atoms with van der Waals surface area (Å²) in [7, 11) is 0. The molecule has 120 valence electrons. The number of pyridine rings is 3. The molecule has 3 aromatic heterocycles. The largest absolute Gasteiger partial charge is 0.264 e. The number of benzene rings is 1. The summed E-state index contributed by atoms with van der Waals surface area (Å²) < 4.78 is 1.02. The molecule has 4 heteroatoms. The summed E-state index contributed by atoms with van der Waals surface area (Å²) in [5.41, 5.74) is 5.94. The molecule has 4 rings (SSSR count). The molecule has 25 heavy (non-hydrogen) atoms. The fourth-order valence-corrected chi connectivity index (χ4v) is 3.24. The second-order valence-corrected chi connectivity index (χ2v) is 6.47. The van der Waals surface area contributed by atoms with Gasteiger partial charge in [0.25, 0.3) is 0 Å². The van der Waals surface area contributed by atoms with Gasteiger partial charge in [0.15, 0.2) is 0 Å². The minimum absolute atomic E-state index is 0.901. The van der Waals surface area contributed by atoms with Gasteiger partial charge in [-0.3, -0.25) is 15.0 Å². The van der Waals surface area contributed by atoms with Crippen molar-refractivity contribution in [3.05, 3.63) is 89.9 Å². The topological polar surface area (TPSA) is 38.7 Å². The number of aromatic nitrogens is 3. The average molecular weight is 388 g/mol. The first-order chi connectivity index (χ1) is 12.3. The Bertz CT molecular complexity index is 1020. The number of hydrogen-bond acceptors (Lipinski definition) is 3. The Labute approximate surface area is 154 Å². The van der Waals surface area contributed by atoms with Crippen LogP contribution in [0.25, 0.3) is 33.6 Å². The van der Waals surface area contributed by atoms with E-state index in [1.807, 2.05) is 55.0 Å². The minimum Gasteiger partial charge on any atom is -0.264 e. The summed E-state index contributed by atoms with van der Waals surface area (Å²) >= 11 is 3.54. The summed E-state index contributed by atoms with van der Waals surface area (Å²) in [4.78, 5) is 13.5. The molecule has 0 bridgehead atoms. The maximum absolute atomic E-state index is 4.65. The molecule has 0 fully saturated rings. The highest BCUT2D eigenvalue weighted by molar-refractivity contribution is 9.10. The molecule has 0 radical (unpaired) electrons. The standard InChI is InChI=1S/C21H14BrN3/c22-17-7-1-5-15(13-17)20-19(9-4-11-24-20)21-18(8-3-12-25-21)16-6-2-10-23-14-16/h1-14H. The van der Waals surface area contributed by atoms with Gasteiger partial charge in [0.2, 0.25) is 0 Å². The van der Waals surface area contributed by atoms with Gasteiger partial charge in [-0.15, -0.1) is 0 Å². The van der Waals surface area contributed by atoms with Gasteiger partial charge in [-0.1, -0.05) is 40.2 Å². The number of hydrogen-bond donors (Lipinski definition) is 0. The second kappa shape index (κ2) is 6.95. The Balaban J connectivity index is 1.93. The SMILES string of the molecule is Brc1cccc(-c2ncccc2-c2ncccc2-c2cccnc2)c1. The molecule has 0 N–H and O–H groups in total. The highest BCUT2D eigenvalue weighted by Gasteiger charge is 2.14. The van der Waals surface area contributed by atoms with Crippen LogP contribution in [0.4, 0.5) is 0 Å². The van der Waals surface area contributed by atoms with Crippen molar-refractivity contribution in [2.24, 2.45) is 0 Å². The van der Waals surface area contributed by atoms with E-state index in [0.717, 1.165) is 38.1 Å². The van der Waals surface area contributed by atoms with E-state index < -0.39 is 0 Å². The van der Waals surface area contributed by atoms with Gasteiger partial charge >= 0.3 is 0 Å². The number of nitrogens with zero attached hydrogens (tertiary/aromatic N) is 3. The molecule has 0 amide bonds. The van der Waals surface area contributed by atoms with Crippen molar-refractivity contribution in [2.75, 3.05) is 0 Å². The summed E-state index contributed by atoms with van der Waals surface area (Å²) in [6.07, 6.45) is 7.26. The van der Waals surface area contributed by atoms with Crippen LogP contribution in [0.3, 0.4) is 0 Å². The van der Waals surface area contributed by atoms with Gasteiger partial charge in [0.1, 0.15) is 0 Å². The molecule has 0 unspecified atom stereocenters. The van der Waals surface area contributed by atoms with Crippen molar-refractivity contribution in [1.29, 1.82) is 0 Å². The van der Waals surface area contributed by atoms with Crippen molar-refractivity contribution in [1.82, 2.24) is 15.0 Å². The molecule has 0 saturated carbocycles. The number of halogens is 1. The lowest BCUT2D eigenvalue weighted by molar-refractivity contribution is 1.27. The van der Waals surface area contributed by atoms with Crippen molar-refractivity contribution in [2.45, 2.75) is 0 Å². The van der Waals surface area contributed by atoms with Crippen LogP contribution < -0.4 is 0 Å². The molecule has 0 aliphatic heterocycles. The van der Waals surface area contributed by atoms with Crippen LogP contribution in [0.2, 0.25) is 0 Å². The Morgan fingerprint density at radius 2 is 1.36 bits per heavy atom. The zero-order chi connectivity index (χ0) is 17.1. The quantitative estimate of drug-likeness (QED) is 0.456. The molecule has 0 aliphatic rings. The fourth-order valence-electron chi connectivity index (χ4n) is 2.84. The Kier molecular flexibility index (Phi) is 4.36. The van der Waals surface area contributed by atoms with Crippen LogP contribution in [-0.2, 0) is 0 Å². The average Bonchev–Trinajstić information content (AvgIpc) is 2.69. The van der Waals surface area contributed by atoms with E-state index in [1.165, 1.54) is 0 Å². The van der Waals surface area contributed by atoms with E-state index in [9.17, 15) is 0 Å². The third-order valence-corrected chi connectivity index (χ3v) is 4.43. The zero-order valence-corrected chi connectivity index (χ0v) is 14.9. The van der Waals surface area contributed by atoms with Crippen LogP contribution in [0, 0.1) is 0 Å². The molecule has 3 nitrogen and oxygen atoms in total. The van der Waals surface area contributed by atoms with Gasteiger partial charge in [0, 0.05) is 51.5 Å². The lowest BCUT2D eigenvalue weighted by Crippen LogP contribution is -1.94. The van der Waals surface area contributed by atoms with Crippen LogP contribution in [0.5, 0.6) is 0 Å². The van der Waals surface area contributed by atoms with Crippen LogP contribution in [-0.4, -0.2) is 15.0 Å². The Morgan fingerprint density at radius 1 is 0.640 bits per heavy atom. The summed E-state index contributed by atoms with van der Waals surface area (Å²) in [6, 6.07) is 20.1. The highest BCUT2D eigenvalue weighted by atomic mass is 79.9. The predicted octanol–water partition coefficient (Wildman–Crippen LogP) is 5.64. The molecular formula is C21H14BrN3. The van der Waals surface area contributed by atoms with Crippen LogP contribution in [0.15, 0.2) is 89.9 Å². The minimum atomic E-state index is 0.901. The zero-order valence-electron chi connectivity index (χ0n) is 13.3. The Hall–Kier alpha value is -2.85. The monoisotopic (exact) mass is 387 g/mol. The van der Waals surface area contributed by atoms with E-state index in [0.29, 0.717) is 0 Å². The second-order valence-electron chi connectivity index (χ2n) is 5.55. The molecule has 0 saturated heterocycles. The van der Waals surface area contributed by atoms with Gasteiger partial charge in [-0.05, 0) is 36.4 Å². The number of rotatable bonds is 3. The van der Waals surface area contributed by atoms with Crippen molar-refractivity contribution in [3.8, 4) is 33.6 Å². The molecule has 0 aliphatic carbocycles. The molecule has 0 atom stereocenters. The molecule has 4 aromatic rings. The van der Waals surface area contributed by atoms with Crippen LogP contribution >= 0.6 is 15.9 Å². The summed E-state index contributed by atoms with van der Waals surface area (Å²) in [5.74, 6) is 0. The van der Waals surface area contributed by atoms with Gasteiger partial charge in [-0.25, -0.2) is 0 Å². The van der Waals surface area contributed by atoms with E-state index in [-0.39, 0.29) is 0 Å². The van der Waals surface area contributed by atoms with E-state index in [1.54, 1.807) is 6.20 Å². The highest BCUT2D eigenvalue weighted by Crippen LogP contribution is 2.35. The maximum Gasteiger partial charge on any atom is 0.0802 e. The lowest BCUT2D eigenvalue weighted by atomic mass is 9.97. The molecular weight excluding hydrogens is 374 g/mol. The first kappa shape index (κ1) is 15.7. The maximum atomic E-state index is 4.65. The third-order valence-electron chi connectivity index (χ3n) is 3.94. The fraction of sp³-hybridized carbons (Fsp3) is 0. The van der Waals surface area contributed by atoms with E-state index in [4.69, 9.17) is 0 Å². The van der Waals surface area contributed by atoms with Crippen molar-refractivity contribution in [3.63, 3.8) is 0 Å². The van der Waals surface area contributed by atoms with Crippen LogP contribution in [0.1, 0.15) is 0 Å². The van der Waals surface area contributed by atoms with E-state index in [2.05, 4.69) is 55.1 Å². The van der Waals surface area contributed by atoms with E-state index >= 15 is 0 Å². The molecule has 1 aromatic carbocycles. The first-order valence-electron chi connectivity index (χ1n) is 7.90. The normalized spacial score (nSPS) is 10.6. The van der Waals surface area contributed by atoms with Crippen molar-refractivity contribution < 1.29 is 0 Å². The molecule has 0 spiro atoms. The van der Waals surface area contributed by atoms with Gasteiger partial charge in [-0.2, -0.15) is 0 Å². The predicted molar refractivity (Wildman–Crippen MR) is 104 cm³/mol. The van der Waals surface area contributed by atoms with Gasteiger partial charge in [0.05, 0.1) is 11.4 Å². The third kappa shape index (κ3) is 3.21. The summed E-state index contributed by atoms with van der Waals surface area (Å²) in [6.45, 7) is 0. The molecule has 3 heterocycles. The van der Waals surface area contributed by atoms with Gasteiger partial charge < -0.3 is 0 Å².